The van der Waals surface area contributed by atoms with E-state index in [2.05, 4.69) is 6.07 Å². The van der Waals surface area contributed by atoms with Gasteiger partial charge in [0.15, 0.2) is 0 Å². The maximum Gasteiger partial charge on any atom is 0.253 e. The van der Waals surface area contributed by atoms with E-state index in [1.165, 1.54) is 0 Å². The Morgan fingerprint density at radius 1 is 1.22 bits per heavy atom. The van der Waals surface area contributed by atoms with Crippen molar-refractivity contribution in [3.05, 3.63) is 59.7 Å². The molecule has 2 aliphatic rings. The lowest BCUT2D eigenvalue weighted by molar-refractivity contribution is 0.0694. The van der Waals surface area contributed by atoms with E-state index in [-0.39, 0.29) is 23.8 Å². The smallest absolute Gasteiger partial charge is 0.253 e. The molecule has 2 aromatic rings. The van der Waals surface area contributed by atoms with Crippen molar-refractivity contribution in [2.45, 2.75) is 6.42 Å². The number of para-hydroxylation sites is 1. The van der Waals surface area contributed by atoms with Crippen LogP contribution in [-0.4, -0.2) is 56.3 Å². The highest BCUT2D eigenvalue weighted by Crippen LogP contribution is 2.43. The third-order valence-corrected chi connectivity index (χ3v) is 6.00. The number of anilines is 1. The molecule has 0 spiro atoms. The number of ether oxygens (including phenoxy) is 1. The molecule has 2 atom stereocenters. The van der Waals surface area contributed by atoms with Gasteiger partial charge in [0.2, 0.25) is 0 Å². The minimum atomic E-state index is -0.341. The topological polar surface area (TPSA) is 53.0 Å². The molecule has 2 aliphatic heterocycles. The van der Waals surface area contributed by atoms with Gasteiger partial charge in [-0.25, -0.2) is 0 Å². The van der Waals surface area contributed by atoms with Crippen molar-refractivity contribution in [2.75, 3.05) is 45.3 Å². The molecule has 142 valence electrons. The highest BCUT2D eigenvalue weighted by molar-refractivity contribution is 5.94. The lowest BCUT2D eigenvalue weighted by Gasteiger charge is -2.30. The van der Waals surface area contributed by atoms with Crippen molar-refractivity contribution in [3.8, 4) is 5.75 Å². The minimum absolute atomic E-state index is 0.0227. The van der Waals surface area contributed by atoms with E-state index in [9.17, 15) is 9.90 Å². The van der Waals surface area contributed by atoms with E-state index in [1.54, 1.807) is 0 Å². The lowest BCUT2D eigenvalue weighted by Crippen LogP contribution is -2.38. The summed E-state index contributed by atoms with van der Waals surface area (Å²) in [5.41, 5.74) is 2.52. The fourth-order valence-electron chi connectivity index (χ4n) is 4.30. The number of amides is 1. The molecular weight excluding hydrogens is 340 g/mol. The number of hydrogen-bond acceptors (Lipinski definition) is 4. The van der Waals surface area contributed by atoms with Gasteiger partial charge < -0.3 is 19.6 Å². The summed E-state index contributed by atoms with van der Waals surface area (Å²) in [6, 6.07) is 15.7. The molecule has 27 heavy (non-hydrogen) atoms. The predicted molar refractivity (Wildman–Crippen MR) is 105 cm³/mol. The zero-order valence-electron chi connectivity index (χ0n) is 15.9. The van der Waals surface area contributed by atoms with Crippen LogP contribution in [0.2, 0.25) is 0 Å². The average molecular weight is 366 g/mol. The van der Waals surface area contributed by atoms with Gasteiger partial charge in [-0.3, -0.25) is 4.79 Å². The van der Waals surface area contributed by atoms with Gasteiger partial charge in [-0.05, 0) is 42.3 Å². The van der Waals surface area contributed by atoms with Crippen LogP contribution in [0.1, 0.15) is 15.9 Å². The first-order valence-corrected chi connectivity index (χ1v) is 9.41. The molecule has 0 aromatic heterocycles. The predicted octanol–water partition coefficient (Wildman–Crippen LogP) is 2.44. The molecule has 5 nitrogen and oxygen atoms in total. The Labute approximate surface area is 160 Å². The Kier molecular flexibility index (Phi) is 4.56. The van der Waals surface area contributed by atoms with Crippen molar-refractivity contribution >= 4 is 11.6 Å². The molecule has 2 heterocycles. The van der Waals surface area contributed by atoms with Crippen molar-refractivity contribution in [1.29, 1.82) is 0 Å². The maximum atomic E-state index is 13.1. The number of nitrogens with zero attached hydrogens (tertiary/aromatic N) is 2. The summed E-state index contributed by atoms with van der Waals surface area (Å²) in [6.07, 6.45) is 0.730. The Morgan fingerprint density at radius 2 is 1.96 bits per heavy atom. The molecule has 0 radical (unpaired) electrons. The third kappa shape index (κ3) is 3.16. The Morgan fingerprint density at radius 3 is 2.67 bits per heavy atom. The molecule has 2 aromatic carbocycles. The van der Waals surface area contributed by atoms with Crippen LogP contribution in [0.5, 0.6) is 5.75 Å². The summed E-state index contributed by atoms with van der Waals surface area (Å²) in [4.78, 5) is 16.9. The number of rotatable bonds is 3. The van der Waals surface area contributed by atoms with Crippen LogP contribution in [0.15, 0.2) is 48.5 Å². The zero-order valence-corrected chi connectivity index (χ0v) is 15.9. The molecule has 1 fully saturated rings. The van der Waals surface area contributed by atoms with Gasteiger partial charge >= 0.3 is 0 Å². The first-order valence-electron chi connectivity index (χ1n) is 9.41. The number of aliphatic hydroxyl groups excluding tert-OH is 1. The normalized spacial score (nSPS) is 23.8. The van der Waals surface area contributed by atoms with E-state index >= 15 is 0 Å². The number of hydrogen-bond donors (Lipinski definition) is 1. The van der Waals surface area contributed by atoms with Crippen LogP contribution in [0, 0.1) is 11.3 Å². The second-order valence-electron chi connectivity index (χ2n) is 7.94. The highest BCUT2D eigenvalue weighted by Gasteiger charge is 2.49. The fourth-order valence-corrected chi connectivity index (χ4v) is 4.30. The van der Waals surface area contributed by atoms with E-state index in [1.807, 2.05) is 66.4 Å². The van der Waals surface area contributed by atoms with E-state index < -0.39 is 0 Å². The van der Waals surface area contributed by atoms with Crippen LogP contribution in [0.4, 0.5) is 5.69 Å². The van der Waals surface area contributed by atoms with E-state index in [0.717, 1.165) is 23.4 Å². The van der Waals surface area contributed by atoms with Crippen molar-refractivity contribution in [1.82, 2.24) is 4.90 Å². The number of likely N-dealkylation sites (tertiary alicyclic amines) is 1. The largest absolute Gasteiger partial charge is 0.493 e. The van der Waals surface area contributed by atoms with Gasteiger partial charge in [0.1, 0.15) is 5.75 Å². The maximum absolute atomic E-state index is 13.1. The van der Waals surface area contributed by atoms with Gasteiger partial charge in [-0.1, -0.05) is 18.2 Å². The number of carbonyl (C=O) groups is 1. The van der Waals surface area contributed by atoms with Crippen LogP contribution in [0.25, 0.3) is 0 Å². The number of benzene rings is 2. The molecule has 1 amide bonds. The first-order chi connectivity index (χ1) is 13.0. The second-order valence-corrected chi connectivity index (χ2v) is 7.94. The number of fused-ring (bicyclic) bond motifs is 2. The average Bonchev–Trinajstić information content (AvgIpc) is 2.98. The summed E-state index contributed by atoms with van der Waals surface area (Å²) < 4.78 is 6.01. The fraction of sp³-hybridized carbons (Fsp3) is 0.409. The quantitative estimate of drug-likeness (QED) is 0.907. The second kappa shape index (κ2) is 6.89. The standard InChI is InChI=1S/C22H26N2O3/c1-23(2)19-9-7-16(8-10-19)21(26)24-12-18-13-27-20-6-4-3-5-17(20)11-22(18,14-24)15-25/h3-10,18,25H,11-15H2,1-2H3/t18-,22-/m0/s1. The molecule has 4 rings (SSSR count). The van der Waals surface area contributed by atoms with Gasteiger partial charge in [-0.2, -0.15) is 0 Å². The van der Waals surface area contributed by atoms with E-state index in [4.69, 9.17) is 4.74 Å². The summed E-state index contributed by atoms with van der Waals surface area (Å²) in [5, 5.41) is 10.3. The van der Waals surface area contributed by atoms with Crippen LogP contribution in [0.3, 0.4) is 0 Å². The first kappa shape index (κ1) is 17.9. The number of aliphatic hydroxyl groups is 1. The molecule has 1 N–H and O–H groups in total. The van der Waals surface area contributed by atoms with Gasteiger partial charge in [0.25, 0.3) is 5.91 Å². The summed E-state index contributed by atoms with van der Waals surface area (Å²) in [5.74, 6) is 1.05. The Bertz CT molecular complexity index is 834. The molecule has 5 heteroatoms. The monoisotopic (exact) mass is 366 g/mol. The van der Waals surface area contributed by atoms with Crippen molar-refractivity contribution in [3.63, 3.8) is 0 Å². The van der Waals surface area contributed by atoms with Crippen molar-refractivity contribution in [2.24, 2.45) is 11.3 Å². The summed E-state index contributed by atoms with van der Waals surface area (Å²) in [7, 11) is 3.96. The van der Waals surface area contributed by atoms with Crippen molar-refractivity contribution < 1.29 is 14.6 Å². The summed E-state index contributed by atoms with van der Waals surface area (Å²) in [6.45, 7) is 1.75. The molecule has 0 saturated carbocycles. The molecule has 0 bridgehead atoms. The Hall–Kier alpha value is -2.53. The molecule has 1 saturated heterocycles. The Balaban J connectivity index is 1.57. The van der Waals surface area contributed by atoms with Gasteiger partial charge in [0.05, 0.1) is 13.2 Å². The van der Waals surface area contributed by atoms with Crippen LogP contribution >= 0.6 is 0 Å². The van der Waals surface area contributed by atoms with Gasteiger partial charge in [-0.15, -0.1) is 0 Å². The van der Waals surface area contributed by atoms with Crippen LogP contribution < -0.4 is 9.64 Å². The van der Waals surface area contributed by atoms with E-state index in [0.29, 0.717) is 25.3 Å². The zero-order chi connectivity index (χ0) is 19.0. The summed E-state index contributed by atoms with van der Waals surface area (Å²) >= 11 is 0. The SMILES string of the molecule is CN(C)c1ccc(C(=O)N2C[C@H]3COc4ccccc4C[C@@]3(CO)C2)cc1. The van der Waals surface area contributed by atoms with Gasteiger partial charge in [0, 0.05) is 49.8 Å². The lowest BCUT2D eigenvalue weighted by atomic mass is 9.75. The molecule has 0 aliphatic carbocycles. The molecular formula is C22H26N2O3. The van der Waals surface area contributed by atoms with Crippen LogP contribution in [-0.2, 0) is 6.42 Å². The number of carbonyl (C=O) groups excluding carboxylic acids is 1. The molecule has 0 unspecified atom stereocenters. The third-order valence-electron chi connectivity index (χ3n) is 6.00. The highest BCUT2D eigenvalue weighted by atomic mass is 16.5. The minimum Gasteiger partial charge on any atom is -0.493 e.